The summed E-state index contributed by atoms with van der Waals surface area (Å²) in [5.41, 5.74) is 2.64. The van der Waals surface area contributed by atoms with Gasteiger partial charge in [-0.3, -0.25) is 9.69 Å². The number of benzene rings is 2. The van der Waals surface area contributed by atoms with Gasteiger partial charge in [0.25, 0.3) is 5.91 Å². The zero-order valence-electron chi connectivity index (χ0n) is 18.6. The van der Waals surface area contributed by atoms with Crippen molar-refractivity contribution >= 4 is 29.4 Å². The van der Waals surface area contributed by atoms with E-state index in [1.807, 2.05) is 25.1 Å². The van der Waals surface area contributed by atoms with Crippen molar-refractivity contribution < 1.29 is 18.4 Å². The monoisotopic (exact) mass is 471 g/mol. The standard InChI is InChI=1S/C25H27F2N3O2S/c1-16-7-10-22-20(13-16)25(23(31)29(22)15-17-8-9-18(26)14-21(17)27)30(11-12-33-25)24(32)28-19-5-3-2-4-6-19/h7-10,13-14,19H,2-6,11-12,15H2,1H3,(H,28,32)/t25-/m0/s1. The van der Waals surface area contributed by atoms with E-state index in [0.717, 1.165) is 42.9 Å². The highest BCUT2D eigenvalue weighted by Crippen LogP contribution is 2.54. The van der Waals surface area contributed by atoms with Gasteiger partial charge in [0, 0.05) is 35.5 Å². The Bertz CT molecular complexity index is 1110. The Balaban J connectivity index is 1.50. The lowest BCUT2D eigenvalue weighted by Crippen LogP contribution is -2.55. The largest absolute Gasteiger partial charge is 0.335 e. The van der Waals surface area contributed by atoms with Crippen molar-refractivity contribution in [3.8, 4) is 0 Å². The summed E-state index contributed by atoms with van der Waals surface area (Å²) in [4.78, 5) is 29.4. The van der Waals surface area contributed by atoms with Crippen LogP contribution in [0.5, 0.6) is 0 Å². The van der Waals surface area contributed by atoms with E-state index in [9.17, 15) is 18.4 Å². The second-order valence-corrected chi connectivity index (χ2v) is 10.4. The van der Waals surface area contributed by atoms with Gasteiger partial charge < -0.3 is 10.2 Å². The first-order chi connectivity index (χ1) is 15.9. The number of nitrogens with zero attached hydrogens (tertiary/aromatic N) is 2. The number of fused-ring (bicyclic) bond motifs is 2. The molecule has 3 aliphatic rings. The van der Waals surface area contributed by atoms with Crippen LogP contribution in [0.2, 0.25) is 0 Å². The van der Waals surface area contributed by atoms with E-state index in [1.54, 1.807) is 4.90 Å². The van der Waals surface area contributed by atoms with Crippen molar-refractivity contribution in [2.45, 2.75) is 56.5 Å². The smallest absolute Gasteiger partial charge is 0.319 e. The molecule has 0 unspecified atom stereocenters. The number of thioether (sulfide) groups is 1. The molecule has 2 aliphatic heterocycles. The molecular formula is C25H27F2N3O2S. The lowest BCUT2D eigenvalue weighted by atomic mass is 9.95. The number of amides is 3. The Morgan fingerprint density at radius 1 is 1.15 bits per heavy atom. The fourth-order valence-corrected chi connectivity index (χ4v) is 6.66. The van der Waals surface area contributed by atoms with Gasteiger partial charge in [-0.25, -0.2) is 13.6 Å². The minimum atomic E-state index is -1.17. The Morgan fingerprint density at radius 3 is 2.70 bits per heavy atom. The summed E-state index contributed by atoms with van der Waals surface area (Å²) >= 11 is 1.45. The third-order valence-electron chi connectivity index (χ3n) is 6.87. The van der Waals surface area contributed by atoms with Crippen molar-refractivity contribution in [3.05, 3.63) is 64.7 Å². The van der Waals surface area contributed by atoms with E-state index >= 15 is 0 Å². The molecule has 8 heteroatoms. The number of urea groups is 1. The van der Waals surface area contributed by atoms with Crippen LogP contribution < -0.4 is 10.2 Å². The first-order valence-electron chi connectivity index (χ1n) is 11.5. The predicted molar refractivity (Wildman–Crippen MR) is 125 cm³/mol. The van der Waals surface area contributed by atoms with Crippen LogP contribution in [-0.2, 0) is 16.2 Å². The van der Waals surface area contributed by atoms with E-state index in [2.05, 4.69) is 5.32 Å². The Kier molecular flexibility index (Phi) is 5.80. The van der Waals surface area contributed by atoms with Crippen LogP contribution in [0.4, 0.5) is 19.3 Å². The van der Waals surface area contributed by atoms with Crippen LogP contribution in [-0.4, -0.2) is 35.2 Å². The van der Waals surface area contributed by atoms with Gasteiger partial charge in [-0.1, -0.05) is 43.0 Å². The molecule has 1 atom stereocenters. The minimum absolute atomic E-state index is 0.0264. The first-order valence-corrected chi connectivity index (χ1v) is 12.5. The molecule has 1 spiro atoms. The van der Waals surface area contributed by atoms with Crippen LogP contribution in [0.15, 0.2) is 36.4 Å². The van der Waals surface area contributed by atoms with Gasteiger partial charge in [-0.05, 0) is 31.9 Å². The van der Waals surface area contributed by atoms with Crippen molar-refractivity contribution in [1.29, 1.82) is 0 Å². The van der Waals surface area contributed by atoms with Crippen molar-refractivity contribution in [2.24, 2.45) is 0 Å². The molecule has 5 rings (SSSR count). The summed E-state index contributed by atoms with van der Waals surface area (Å²) in [7, 11) is 0. The van der Waals surface area contributed by atoms with E-state index in [0.29, 0.717) is 18.0 Å². The molecule has 2 aromatic carbocycles. The quantitative estimate of drug-likeness (QED) is 0.681. The van der Waals surface area contributed by atoms with Gasteiger partial charge in [0.15, 0.2) is 4.87 Å². The number of hydrogen-bond acceptors (Lipinski definition) is 3. The molecule has 2 heterocycles. The maximum absolute atomic E-state index is 14.4. The summed E-state index contributed by atoms with van der Waals surface area (Å²) in [6, 6.07) is 9.02. The van der Waals surface area contributed by atoms with E-state index in [1.165, 1.54) is 35.2 Å². The van der Waals surface area contributed by atoms with Crippen LogP contribution >= 0.6 is 11.8 Å². The number of anilines is 1. The van der Waals surface area contributed by atoms with Gasteiger partial charge >= 0.3 is 6.03 Å². The van der Waals surface area contributed by atoms with Gasteiger partial charge in [-0.15, -0.1) is 11.8 Å². The Hall–Kier alpha value is -2.61. The maximum atomic E-state index is 14.4. The molecule has 1 saturated heterocycles. The zero-order chi connectivity index (χ0) is 23.2. The molecule has 174 valence electrons. The number of hydrogen-bond donors (Lipinski definition) is 1. The molecule has 3 amide bonds. The molecule has 2 fully saturated rings. The maximum Gasteiger partial charge on any atom is 0.319 e. The third-order valence-corrected chi connectivity index (χ3v) is 8.29. The molecule has 0 radical (unpaired) electrons. The summed E-state index contributed by atoms with van der Waals surface area (Å²) < 4.78 is 27.9. The fourth-order valence-electron chi connectivity index (χ4n) is 5.21. The van der Waals surface area contributed by atoms with Crippen molar-refractivity contribution in [1.82, 2.24) is 10.2 Å². The lowest BCUT2D eigenvalue weighted by Gasteiger charge is -2.35. The number of carbonyl (C=O) groups is 2. The van der Waals surface area contributed by atoms with Crippen LogP contribution in [0.25, 0.3) is 0 Å². The van der Waals surface area contributed by atoms with Crippen molar-refractivity contribution in [2.75, 3.05) is 17.2 Å². The average Bonchev–Trinajstić information content (AvgIpc) is 3.33. The molecule has 0 aromatic heterocycles. The lowest BCUT2D eigenvalue weighted by molar-refractivity contribution is -0.123. The molecule has 1 aliphatic carbocycles. The fraction of sp³-hybridized carbons (Fsp3) is 0.440. The third kappa shape index (κ3) is 3.78. The number of rotatable bonds is 3. The molecule has 5 nitrogen and oxygen atoms in total. The average molecular weight is 472 g/mol. The Morgan fingerprint density at radius 2 is 1.94 bits per heavy atom. The Labute approximate surface area is 196 Å². The minimum Gasteiger partial charge on any atom is -0.335 e. The zero-order valence-corrected chi connectivity index (χ0v) is 19.4. The number of nitrogens with one attached hydrogen (secondary N) is 1. The van der Waals surface area contributed by atoms with Gasteiger partial charge in [0.05, 0.1) is 12.2 Å². The first kappa shape index (κ1) is 22.2. The molecule has 0 bridgehead atoms. The number of halogens is 2. The van der Waals surface area contributed by atoms with Crippen LogP contribution in [0.3, 0.4) is 0 Å². The second-order valence-electron chi connectivity index (χ2n) is 9.08. The number of aryl methyl sites for hydroxylation is 1. The summed E-state index contributed by atoms with van der Waals surface area (Å²) in [5.74, 6) is -0.972. The summed E-state index contributed by atoms with van der Waals surface area (Å²) in [6.07, 6.45) is 5.31. The molecule has 1 N–H and O–H groups in total. The molecule has 33 heavy (non-hydrogen) atoms. The van der Waals surface area contributed by atoms with E-state index in [4.69, 9.17) is 0 Å². The van der Waals surface area contributed by atoms with Crippen LogP contribution in [0.1, 0.15) is 48.8 Å². The molecular weight excluding hydrogens is 444 g/mol. The molecule has 1 saturated carbocycles. The van der Waals surface area contributed by atoms with Gasteiger partial charge in [-0.2, -0.15) is 0 Å². The summed E-state index contributed by atoms with van der Waals surface area (Å²) in [5, 5.41) is 3.16. The van der Waals surface area contributed by atoms with Gasteiger partial charge in [0.1, 0.15) is 11.6 Å². The SMILES string of the molecule is Cc1ccc2c(c1)[C@]1(SCCN1C(=O)NC1CCCCC1)C(=O)N2Cc1ccc(F)cc1F. The normalized spacial score (nSPS) is 22.8. The highest BCUT2D eigenvalue weighted by molar-refractivity contribution is 8.01. The second kappa shape index (κ2) is 8.63. The van der Waals surface area contributed by atoms with Crippen LogP contribution in [0, 0.1) is 18.6 Å². The summed E-state index contributed by atoms with van der Waals surface area (Å²) in [6.45, 7) is 2.38. The highest BCUT2D eigenvalue weighted by atomic mass is 32.2. The van der Waals surface area contributed by atoms with E-state index in [-0.39, 0.29) is 30.1 Å². The molecule has 2 aromatic rings. The highest BCUT2D eigenvalue weighted by Gasteiger charge is 2.59. The topological polar surface area (TPSA) is 52.7 Å². The van der Waals surface area contributed by atoms with Gasteiger partial charge in [0.2, 0.25) is 0 Å². The predicted octanol–water partition coefficient (Wildman–Crippen LogP) is 5.06. The van der Waals surface area contributed by atoms with Crippen molar-refractivity contribution in [3.63, 3.8) is 0 Å². The van der Waals surface area contributed by atoms with E-state index < -0.39 is 16.5 Å². The number of carbonyl (C=O) groups excluding carboxylic acids is 2.